The van der Waals surface area contributed by atoms with Crippen molar-refractivity contribution in [3.63, 3.8) is 0 Å². The van der Waals surface area contributed by atoms with Crippen LogP contribution < -0.4 is 5.01 Å². The van der Waals surface area contributed by atoms with Gasteiger partial charge in [-0.1, -0.05) is 29.3 Å². The van der Waals surface area contributed by atoms with Crippen molar-refractivity contribution in [1.82, 2.24) is 0 Å². The first kappa shape index (κ1) is 19.9. The van der Waals surface area contributed by atoms with Gasteiger partial charge in [0, 0.05) is 10.6 Å². The van der Waals surface area contributed by atoms with Crippen molar-refractivity contribution in [3.8, 4) is 11.3 Å². The Morgan fingerprint density at radius 1 is 1.13 bits per heavy atom. The largest absolute Gasteiger partial charge is 0.478 e. The molecule has 2 aromatic carbocycles. The van der Waals surface area contributed by atoms with E-state index in [1.54, 1.807) is 55.5 Å². The first-order valence-corrected chi connectivity index (χ1v) is 9.59. The van der Waals surface area contributed by atoms with Gasteiger partial charge in [-0.15, -0.1) is 0 Å². The van der Waals surface area contributed by atoms with Gasteiger partial charge in [-0.3, -0.25) is 4.79 Å². The average Bonchev–Trinajstić information content (AvgIpc) is 3.28. The van der Waals surface area contributed by atoms with E-state index in [2.05, 4.69) is 5.10 Å². The van der Waals surface area contributed by atoms with Gasteiger partial charge in [0.05, 0.1) is 27.6 Å². The second kappa shape index (κ2) is 7.82. The van der Waals surface area contributed by atoms with E-state index < -0.39 is 5.97 Å². The molecule has 0 fully saturated rings. The van der Waals surface area contributed by atoms with Gasteiger partial charge >= 0.3 is 5.97 Å². The second-order valence-electron chi connectivity index (χ2n) is 6.54. The highest BCUT2D eigenvalue weighted by Crippen LogP contribution is 2.30. The maximum absolute atomic E-state index is 12.8. The van der Waals surface area contributed by atoms with Crippen molar-refractivity contribution < 1.29 is 19.1 Å². The van der Waals surface area contributed by atoms with Gasteiger partial charge in [0.1, 0.15) is 11.5 Å². The van der Waals surface area contributed by atoms with Crippen LogP contribution in [0.4, 0.5) is 5.69 Å². The van der Waals surface area contributed by atoms with Gasteiger partial charge in [-0.2, -0.15) is 10.1 Å². The molecule has 6 nitrogen and oxygen atoms in total. The molecule has 1 aliphatic heterocycles. The van der Waals surface area contributed by atoms with Crippen molar-refractivity contribution in [3.05, 3.63) is 81.5 Å². The molecule has 3 aromatic rings. The van der Waals surface area contributed by atoms with E-state index in [4.69, 9.17) is 27.6 Å². The maximum Gasteiger partial charge on any atom is 0.337 e. The molecule has 0 unspecified atom stereocenters. The van der Waals surface area contributed by atoms with Crippen molar-refractivity contribution in [2.75, 3.05) is 5.01 Å². The van der Waals surface area contributed by atoms with Crippen molar-refractivity contribution in [2.45, 2.75) is 6.92 Å². The van der Waals surface area contributed by atoms with Crippen LogP contribution in [0.3, 0.4) is 0 Å². The molecule has 0 aliphatic carbocycles. The number of carboxylic acids is 1. The van der Waals surface area contributed by atoms with Crippen molar-refractivity contribution >= 4 is 52.6 Å². The summed E-state index contributed by atoms with van der Waals surface area (Å²) >= 11 is 11.9. The smallest absolute Gasteiger partial charge is 0.337 e. The molecule has 1 aliphatic rings. The summed E-state index contributed by atoms with van der Waals surface area (Å²) in [6.07, 6.45) is 1.60. The molecule has 1 aromatic heterocycles. The number of carbonyl (C=O) groups is 2. The monoisotopic (exact) mass is 440 g/mol. The molecule has 1 amide bonds. The van der Waals surface area contributed by atoms with Gasteiger partial charge in [-0.05, 0) is 61.5 Å². The van der Waals surface area contributed by atoms with Gasteiger partial charge in [0.25, 0.3) is 5.91 Å². The second-order valence-corrected chi connectivity index (χ2v) is 7.39. The lowest BCUT2D eigenvalue weighted by atomic mass is 10.1. The van der Waals surface area contributed by atoms with Crippen LogP contribution in [0.25, 0.3) is 17.4 Å². The van der Waals surface area contributed by atoms with Gasteiger partial charge in [0.15, 0.2) is 0 Å². The first-order valence-electron chi connectivity index (χ1n) is 8.84. The Kier molecular flexibility index (Phi) is 5.20. The van der Waals surface area contributed by atoms with Crippen molar-refractivity contribution in [2.24, 2.45) is 5.10 Å². The summed E-state index contributed by atoms with van der Waals surface area (Å²) in [5.41, 5.74) is 2.04. The van der Waals surface area contributed by atoms with Crippen molar-refractivity contribution in [1.29, 1.82) is 0 Å². The molecule has 0 saturated carbocycles. The van der Waals surface area contributed by atoms with Crippen LogP contribution in [-0.4, -0.2) is 22.7 Å². The average molecular weight is 441 g/mol. The third kappa shape index (κ3) is 3.75. The highest BCUT2D eigenvalue weighted by molar-refractivity contribution is 6.34. The SMILES string of the molecule is CC1=NN(c2cccc(Cl)c2)C(=O)/C1=C\c1ccc(-c2ccc(Cl)c(C(=O)O)c2)o1. The Morgan fingerprint density at radius 2 is 1.93 bits per heavy atom. The molecule has 0 atom stereocenters. The summed E-state index contributed by atoms with van der Waals surface area (Å²) in [7, 11) is 0. The molecular formula is C22H14Cl2N2O4. The van der Waals surface area contributed by atoms with Crippen LogP contribution in [0, 0.1) is 0 Å². The highest BCUT2D eigenvalue weighted by atomic mass is 35.5. The third-order valence-electron chi connectivity index (χ3n) is 4.51. The van der Waals surface area contributed by atoms with Crippen LogP contribution in [0.15, 0.2) is 69.7 Å². The van der Waals surface area contributed by atoms with E-state index >= 15 is 0 Å². The predicted octanol–water partition coefficient (Wildman–Crippen LogP) is 5.76. The summed E-state index contributed by atoms with van der Waals surface area (Å²) in [5.74, 6) is -0.539. The number of benzene rings is 2. The molecule has 2 heterocycles. The van der Waals surface area contributed by atoms with E-state index in [0.29, 0.717) is 39.1 Å². The lowest BCUT2D eigenvalue weighted by molar-refractivity contribution is -0.114. The number of furan rings is 1. The summed E-state index contributed by atoms with van der Waals surface area (Å²) in [6.45, 7) is 1.73. The Labute approximate surface area is 181 Å². The summed E-state index contributed by atoms with van der Waals surface area (Å²) in [4.78, 5) is 24.1. The van der Waals surface area contributed by atoms with Crippen LogP contribution >= 0.6 is 23.2 Å². The van der Waals surface area contributed by atoms with Gasteiger partial charge < -0.3 is 9.52 Å². The Hall–Kier alpha value is -3.35. The number of carbonyl (C=O) groups excluding carboxylic acids is 1. The quantitative estimate of drug-likeness (QED) is 0.522. The third-order valence-corrected chi connectivity index (χ3v) is 5.07. The fourth-order valence-electron chi connectivity index (χ4n) is 3.04. The number of hydrogen-bond acceptors (Lipinski definition) is 4. The maximum atomic E-state index is 12.8. The normalized spacial score (nSPS) is 15.0. The lowest BCUT2D eigenvalue weighted by Gasteiger charge is -2.11. The number of carboxylic acid groups (broad SMARTS) is 1. The number of halogens is 2. The van der Waals surface area contributed by atoms with E-state index in [1.807, 2.05) is 0 Å². The molecule has 8 heteroatoms. The summed E-state index contributed by atoms with van der Waals surface area (Å²) in [5, 5.41) is 15.5. The molecule has 30 heavy (non-hydrogen) atoms. The molecule has 1 N–H and O–H groups in total. The van der Waals surface area contributed by atoms with Crippen LogP contribution in [0.5, 0.6) is 0 Å². The zero-order valence-electron chi connectivity index (χ0n) is 15.6. The van der Waals surface area contributed by atoms with Crippen LogP contribution in [-0.2, 0) is 4.79 Å². The molecule has 0 saturated heterocycles. The zero-order valence-corrected chi connectivity index (χ0v) is 17.1. The minimum absolute atomic E-state index is 0.0171. The van der Waals surface area contributed by atoms with E-state index in [1.165, 1.54) is 17.1 Å². The summed E-state index contributed by atoms with van der Waals surface area (Å²) < 4.78 is 5.80. The highest BCUT2D eigenvalue weighted by Gasteiger charge is 2.29. The fraction of sp³-hybridized carbons (Fsp3) is 0.0455. The number of rotatable bonds is 4. The minimum Gasteiger partial charge on any atom is -0.478 e. The number of nitrogens with zero attached hydrogens (tertiary/aromatic N) is 2. The molecular weight excluding hydrogens is 427 g/mol. The molecule has 0 radical (unpaired) electrons. The molecule has 0 spiro atoms. The predicted molar refractivity (Wildman–Crippen MR) is 116 cm³/mol. The zero-order chi connectivity index (χ0) is 21.4. The van der Waals surface area contributed by atoms with Crippen LogP contribution in [0.2, 0.25) is 10.0 Å². The van der Waals surface area contributed by atoms with E-state index in [0.717, 1.165) is 0 Å². The Morgan fingerprint density at radius 3 is 2.67 bits per heavy atom. The number of anilines is 1. The number of hydrogen-bond donors (Lipinski definition) is 1. The van der Waals surface area contributed by atoms with E-state index in [-0.39, 0.29) is 16.5 Å². The standard InChI is InChI=1S/C22H14Cl2N2O4/c1-12-17(21(27)26(25-12)15-4-2-3-14(23)10-15)11-16-6-8-20(30-16)13-5-7-19(24)18(9-13)22(28)29/h2-11H,1H3,(H,28,29)/b17-11-. The summed E-state index contributed by atoms with van der Waals surface area (Å²) in [6, 6.07) is 14.9. The van der Waals surface area contributed by atoms with Gasteiger partial charge in [-0.25, -0.2) is 4.79 Å². The topological polar surface area (TPSA) is 83.1 Å². The van der Waals surface area contributed by atoms with Gasteiger partial charge in [0.2, 0.25) is 0 Å². The fourth-order valence-corrected chi connectivity index (χ4v) is 3.42. The molecule has 150 valence electrons. The number of hydrazone groups is 1. The molecule has 0 bridgehead atoms. The first-order chi connectivity index (χ1) is 14.3. The lowest BCUT2D eigenvalue weighted by Crippen LogP contribution is -2.21. The number of amides is 1. The minimum atomic E-state index is -1.12. The number of aromatic carboxylic acids is 1. The van der Waals surface area contributed by atoms with E-state index in [9.17, 15) is 14.7 Å². The van der Waals surface area contributed by atoms with Crippen LogP contribution in [0.1, 0.15) is 23.0 Å². The Balaban J connectivity index is 1.63. The molecule has 4 rings (SSSR count). The Bertz CT molecular complexity index is 1240.